The SMILES string of the molecule is CCOC(=O)C1CN(CC(=O)Nc2cc3c(cc2C(C)=O)OCO3)CCO1. The first-order valence-electron chi connectivity index (χ1n) is 8.73. The molecule has 0 aliphatic carbocycles. The maximum absolute atomic E-state index is 12.5. The number of nitrogens with one attached hydrogen (secondary N) is 1. The topological polar surface area (TPSA) is 103 Å². The molecular formula is C18H22N2O7. The van der Waals surface area contributed by atoms with Gasteiger partial charge in [-0.3, -0.25) is 14.5 Å². The predicted molar refractivity (Wildman–Crippen MR) is 94.0 cm³/mol. The minimum Gasteiger partial charge on any atom is -0.464 e. The Morgan fingerprint density at radius 2 is 2.00 bits per heavy atom. The van der Waals surface area contributed by atoms with Gasteiger partial charge in [-0.05, 0) is 19.9 Å². The van der Waals surface area contributed by atoms with E-state index in [0.717, 1.165) is 0 Å². The van der Waals surface area contributed by atoms with Crippen molar-refractivity contribution < 1.29 is 33.3 Å². The standard InChI is InChI=1S/C18H22N2O7/c1-3-24-18(23)16-8-20(4-5-25-16)9-17(22)19-13-7-15-14(26-10-27-15)6-12(13)11(2)21/h6-7,16H,3-5,8-10H2,1-2H3,(H,19,22). The summed E-state index contributed by atoms with van der Waals surface area (Å²) in [7, 11) is 0. The molecule has 146 valence electrons. The fraction of sp³-hybridized carbons (Fsp3) is 0.500. The molecule has 1 fully saturated rings. The first kappa shape index (κ1) is 19.1. The number of hydrogen-bond acceptors (Lipinski definition) is 8. The van der Waals surface area contributed by atoms with Crippen molar-refractivity contribution in [3.05, 3.63) is 17.7 Å². The zero-order valence-electron chi connectivity index (χ0n) is 15.3. The highest BCUT2D eigenvalue weighted by atomic mass is 16.7. The van der Waals surface area contributed by atoms with Gasteiger partial charge in [0.05, 0.1) is 25.4 Å². The molecule has 3 rings (SSSR count). The summed E-state index contributed by atoms with van der Waals surface area (Å²) in [4.78, 5) is 38.0. The molecule has 0 aromatic heterocycles. The molecule has 1 atom stereocenters. The normalized spacial score (nSPS) is 18.8. The van der Waals surface area contributed by atoms with Crippen molar-refractivity contribution in [1.82, 2.24) is 4.90 Å². The lowest BCUT2D eigenvalue weighted by atomic mass is 10.1. The number of morpholine rings is 1. The third-order valence-electron chi connectivity index (χ3n) is 4.23. The van der Waals surface area contributed by atoms with Crippen LogP contribution in [-0.2, 0) is 19.1 Å². The molecule has 1 saturated heterocycles. The summed E-state index contributed by atoms with van der Waals surface area (Å²) in [6, 6.07) is 3.14. The lowest BCUT2D eigenvalue weighted by Gasteiger charge is -2.31. The lowest BCUT2D eigenvalue weighted by molar-refractivity contribution is -0.162. The summed E-state index contributed by atoms with van der Waals surface area (Å²) in [5.41, 5.74) is 0.714. The highest BCUT2D eigenvalue weighted by molar-refractivity contribution is 6.05. The third-order valence-corrected chi connectivity index (χ3v) is 4.23. The van der Waals surface area contributed by atoms with E-state index in [0.29, 0.717) is 35.9 Å². The zero-order valence-corrected chi connectivity index (χ0v) is 15.3. The molecule has 1 aromatic rings. The Kier molecular flexibility index (Phi) is 5.92. The second-order valence-electron chi connectivity index (χ2n) is 6.20. The minimum atomic E-state index is -0.704. The molecule has 0 saturated carbocycles. The van der Waals surface area contributed by atoms with Gasteiger partial charge >= 0.3 is 5.97 Å². The Bertz CT molecular complexity index is 749. The summed E-state index contributed by atoms with van der Waals surface area (Å²) in [5.74, 6) is 0.0168. The van der Waals surface area contributed by atoms with Crippen LogP contribution >= 0.6 is 0 Å². The van der Waals surface area contributed by atoms with Gasteiger partial charge in [0.1, 0.15) is 0 Å². The van der Waals surface area contributed by atoms with Gasteiger partial charge in [-0.1, -0.05) is 0 Å². The summed E-state index contributed by atoms with van der Waals surface area (Å²) in [6.45, 7) is 4.68. The van der Waals surface area contributed by atoms with Crippen LogP contribution in [0.5, 0.6) is 11.5 Å². The van der Waals surface area contributed by atoms with E-state index in [1.54, 1.807) is 24.0 Å². The zero-order chi connectivity index (χ0) is 19.4. The molecule has 0 bridgehead atoms. The largest absolute Gasteiger partial charge is 0.464 e. The quantitative estimate of drug-likeness (QED) is 0.573. The molecule has 1 unspecified atom stereocenters. The van der Waals surface area contributed by atoms with Crippen LogP contribution in [0.15, 0.2) is 12.1 Å². The molecule has 0 radical (unpaired) electrons. The monoisotopic (exact) mass is 378 g/mol. The Morgan fingerprint density at radius 3 is 2.70 bits per heavy atom. The second kappa shape index (κ2) is 8.36. The van der Waals surface area contributed by atoms with E-state index in [1.165, 1.54) is 6.92 Å². The smallest absolute Gasteiger partial charge is 0.336 e. The van der Waals surface area contributed by atoms with Gasteiger partial charge in [0, 0.05) is 24.7 Å². The number of ether oxygens (including phenoxy) is 4. The summed E-state index contributed by atoms with van der Waals surface area (Å²) in [6.07, 6.45) is -0.704. The van der Waals surface area contributed by atoms with Crippen molar-refractivity contribution >= 4 is 23.3 Å². The van der Waals surface area contributed by atoms with E-state index in [9.17, 15) is 14.4 Å². The van der Waals surface area contributed by atoms with E-state index in [2.05, 4.69) is 5.32 Å². The van der Waals surface area contributed by atoms with Crippen LogP contribution in [0.3, 0.4) is 0 Å². The summed E-state index contributed by atoms with van der Waals surface area (Å²) in [5, 5.41) is 2.74. The first-order valence-corrected chi connectivity index (χ1v) is 8.73. The number of ketones is 1. The fourth-order valence-electron chi connectivity index (χ4n) is 2.95. The number of Topliss-reactive ketones (excluding diaryl/α,β-unsaturated/α-hetero) is 1. The average Bonchev–Trinajstić information content (AvgIpc) is 3.08. The Labute approximate surface area is 156 Å². The fourth-order valence-corrected chi connectivity index (χ4v) is 2.95. The van der Waals surface area contributed by atoms with Crippen LogP contribution in [0.25, 0.3) is 0 Å². The van der Waals surface area contributed by atoms with Gasteiger partial charge in [0.15, 0.2) is 23.4 Å². The molecule has 2 aliphatic heterocycles. The second-order valence-corrected chi connectivity index (χ2v) is 6.20. The van der Waals surface area contributed by atoms with Gasteiger partial charge in [-0.25, -0.2) is 4.79 Å². The Hall–Kier alpha value is -2.65. The highest BCUT2D eigenvalue weighted by Gasteiger charge is 2.29. The number of rotatable bonds is 6. The van der Waals surface area contributed by atoms with Crippen LogP contribution in [0, 0.1) is 0 Å². The van der Waals surface area contributed by atoms with E-state index in [4.69, 9.17) is 18.9 Å². The van der Waals surface area contributed by atoms with E-state index < -0.39 is 12.1 Å². The number of esters is 1. The molecule has 9 heteroatoms. The van der Waals surface area contributed by atoms with Gasteiger partial charge in [0.25, 0.3) is 0 Å². The number of fused-ring (bicyclic) bond motifs is 1. The van der Waals surface area contributed by atoms with Crippen molar-refractivity contribution in [2.75, 3.05) is 45.0 Å². The van der Waals surface area contributed by atoms with Gasteiger partial charge in [-0.15, -0.1) is 0 Å². The number of nitrogens with zero attached hydrogens (tertiary/aromatic N) is 1. The number of carbonyl (C=O) groups excluding carboxylic acids is 3. The van der Waals surface area contributed by atoms with Crippen molar-refractivity contribution in [3.8, 4) is 11.5 Å². The molecule has 27 heavy (non-hydrogen) atoms. The number of hydrogen-bond donors (Lipinski definition) is 1. The minimum absolute atomic E-state index is 0.0606. The van der Waals surface area contributed by atoms with E-state index in [1.807, 2.05) is 0 Å². The van der Waals surface area contributed by atoms with Crippen molar-refractivity contribution in [2.24, 2.45) is 0 Å². The predicted octanol–water partition coefficient (Wildman–Crippen LogP) is 0.820. The van der Waals surface area contributed by atoms with Crippen molar-refractivity contribution in [1.29, 1.82) is 0 Å². The van der Waals surface area contributed by atoms with Crippen LogP contribution in [0.4, 0.5) is 5.69 Å². The first-order chi connectivity index (χ1) is 13.0. The highest BCUT2D eigenvalue weighted by Crippen LogP contribution is 2.37. The summed E-state index contributed by atoms with van der Waals surface area (Å²) >= 11 is 0. The van der Waals surface area contributed by atoms with Gasteiger partial charge in [-0.2, -0.15) is 0 Å². The van der Waals surface area contributed by atoms with Gasteiger partial charge < -0.3 is 24.3 Å². The van der Waals surface area contributed by atoms with E-state index in [-0.39, 0.29) is 38.2 Å². The lowest BCUT2D eigenvalue weighted by Crippen LogP contribution is -2.49. The number of amides is 1. The number of carbonyl (C=O) groups is 3. The molecule has 2 aliphatic rings. The maximum atomic E-state index is 12.5. The molecule has 9 nitrogen and oxygen atoms in total. The Morgan fingerprint density at radius 1 is 1.26 bits per heavy atom. The van der Waals surface area contributed by atoms with Crippen molar-refractivity contribution in [3.63, 3.8) is 0 Å². The molecule has 0 spiro atoms. The Balaban J connectivity index is 1.64. The molecule has 1 N–H and O–H groups in total. The molecule has 1 amide bonds. The average molecular weight is 378 g/mol. The van der Waals surface area contributed by atoms with Crippen LogP contribution in [-0.4, -0.2) is 68.3 Å². The van der Waals surface area contributed by atoms with Gasteiger partial charge in [0.2, 0.25) is 12.7 Å². The molecular weight excluding hydrogens is 356 g/mol. The molecule has 2 heterocycles. The van der Waals surface area contributed by atoms with Crippen molar-refractivity contribution in [2.45, 2.75) is 20.0 Å². The number of benzene rings is 1. The number of anilines is 1. The van der Waals surface area contributed by atoms with Crippen LogP contribution in [0.2, 0.25) is 0 Å². The molecule has 1 aromatic carbocycles. The van der Waals surface area contributed by atoms with Crippen LogP contribution in [0.1, 0.15) is 24.2 Å². The van der Waals surface area contributed by atoms with Crippen LogP contribution < -0.4 is 14.8 Å². The summed E-state index contributed by atoms with van der Waals surface area (Å²) < 4.78 is 20.9. The van der Waals surface area contributed by atoms with E-state index >= 15 is 0 Å². The maximum Gasteiger partial charge on any atom is 0.336 e. The third kappa shape index (κ3) is 4.55.